The van der Waals surface area contributed by atoms with Gasteiger partial charge in [0.25, 0.3) is 5.69 Å². The van der Waals surface area contributed by atoms with Crippen molar-refractivity contribution < 1.29 is 4.92 Å². The first kappa shape index (κ1) is 11.7. The number of nitro benzene ring substituents is 1. The first-order valence-electron chi connectivity index (χ1n) is 5.00. The first-order chi connectivity index (χ1) is 7.91. The van der Waals surface area contributed by atoms with Crippen LogP contribution >= 0.6 is 11.6 Å². The Morgan fingerprint density at radius 2 is 2.12 bits per heavy atom. The van der Waals surface area contributed by atoms with Crippen LogP contribution in [0.1, 0.15) is 19.9 Å². The predicted octanol–water partition coefficient (Wildman–Crippen LogP) is 2.47. The number of rotatable bonds is 2. The molecule has 1 aromatic heterocycles. The average molecular weight is 256 g/mol. The minimum Gasteiger partial charge on any atom is -0.305 e. The molecular formula is C10H10ClN3O3. The van der Waals surface area contributed by atoms with Gasteiger partial charge >= 0.3 is 5.69 Å². The van der Waals surface area contributed by atoms with E-state index in [0.717, 1.165) is 0 Å². The van der Waals surface area contributed by atoms with Crippen LogP contribution in [0.3, 0.4) is 0 Å². The summed E-state index contributed by atoms with van der Waals surface area (Å²) < 4.78 is 1.50. The average Bonchev–Trinajstić information content (AvgIpc) is 2.51. The van der Waals surface area contributed by atoms with Gasteiger partial charge in [0.1, 0.15) is 5.02 Å². The Morgan fingerprint density at radius 1 is 1.47 bits per heavy atom. The second-order valence-corrected chi connectivity index (χ2v) is 4.38. The number of imidazole rings is 1. The lowest BCUT2D eigenvalue weighted by atomic mass is 10.2. The van der Waals surface area contributed by atoms with Gasteiger partial charge in [-0.05, 0) is 19.9 Å². The van der Waals surface area contributed by atoms with Crippen molar-refractivity contribution in [1.82, 2.24) is 9.55 Å². The number of H-pyrrole nitrogens is 1. The molecule has 2 aromatic rings. The monoisotopic (exact) mass is 255 g/mol. The quantitative estimate of drug-likeness (QED) is 0.661. The predicted molar refractivity (Wildman–Crippen MR) is 64.6 cm³/mol. The first-order valence-corrected chi connectivity index (χ1v) is 5.37. The van der Waals surface area contributed by atoms with Crippen molar-refractivity contribution in [2.75, 3.05) is 0 Å². The summed E-state index contributed by atoms with van der Waals surface area (Å²) in [6, 6.07) is 2.67. The summed E-state index contributed by atoms with van der Waals surface area (Å²) in [6.07, 6.45) is 0. The van der Waals surface area contributed by atoms with Gasteiger partial charge in [-0.15, -0.1) is 0 Å². The van der Waals surface area contributed by atoms with Gasteiger partial charge in [-0.3, -0.25) is 14.7 Å². The zero-order valence-corrected chi connectivity index (χ0v) is 9.99. The molecule has 2 rings (SSSR count). The van der Waals surface area contributed by atoms with Gasteiger partial charge < -0.3 is 4.98 Å². The fraction of sp³-hybridized carbons (Fsp3) is 0.300. The van der Waals surface area contributed by atoms with Crippen LogP contribution in [0.25, 0.3) is 11.0 Å². The molecule has 1 N–H and O–H groups in total. The second-order valence-electron chi connectivity index (χ2n) is 3.97. The number of fused-ring (bicyclic) bond motifs is 1. The van der Waals surface area contributed by atoms with Crippen LogP contribution in [-0.4, -0.2) is 14.5 Å². The Morgan fingerprint density at radius 3 is 2.65 bits per heavy atom. The summed E-state index contributed by atoms with van der Waals surface area (Å²) in [7, 11) is 0. The molecule has 0 unspecified atom stereocenters. The third-order valence-corrected chi connectivity index (χ3v) is 2.80. The summed E-state index contributed by atoms with van der Waals surface area (Å²) in [5.74, 6) is 0. The van der Waals surface area contributed by atoms with Crippen LogP contribution in [0, 0.1) is 10.1 Å². The van der Waals surface area contributed by atoms with Crippen molar-refractivity contribution in [2.45, 2.75) is 19.9 Å². The maximum Gasteiger partial charge on any atom is 0.326 e. The normalized spacial score (nSPS) is 11.3. The van der Waals surface area contributed by atoms with Crippen LogP contribution < -0.4 is 5.69 Å². The lowest BCUT2D eigenvalue weighted by molar-refractivity contribution is -0.384. The molecule has 1 aromatic carbocycles. The summed E-state index contributed by atoms with van der Waals surface area (Å²) in [5.41, 5.74) is 0.475. The Hall–Kier alpha value is -1.82. The number of nitrogens with one attached hydrogen (secondary N) is 1. The van der Waals surface area contributed by atoms with Gasteiger partial charge in [0, 0.05) is 12.1 Å². The highest BCUT2D eigenvalue weighted by atomic mass is 35.5. The van der Waals surface area contributed by atoms with E-state index < -0.39 is 4.92 Å². The summed E-state index contributed by atoms with van der Waals surface area (Å²) in [4.78, 5) is 24.4. The van der Waals surface area contributed by atoms with Crippen molar-refractivity contribution in [1.29, 1.82) is 0 Å². The molecule has 0 aliphatic carbocycles. The van der Waals surface area contributed by atoms with E-state index in [1.54, 1.807) is 0 Å². The maximum absolute atomic E-state index is 11.7. The fourth-order valence-corrected chi connectivity index (χ4v) is 2.02. The molecule has 0 saturated carbocycles. The van der Waals surface area contributed by atoms with Gasteiger partial charge in [0.2, 0.25) is 0 Å². The highest BCUT2D eigenvalue weighted by Gasteiger charge is 2.18. The van der Waals surface area contributed by atoms with E-state index in [4.69, 9.17) is 11.6 Å². The van der Waals surface area contributed by atoms with Crippen molar-refractivity contribution >= 4 is 28.3 Å². The molecule has 0 saturated heterocycles. The Kier molecular flexibility index (Phi) is 2.66. The number of hydrogen-bond acceptors (Lipinski definition) is 3. The van der Waals surface area contributed by atoms with Crippen molar-refractivity contribution in [2.24, 2.45) is 0 Å². The molecule has 0 aliphatic heterocycles. The topological polar surface area (TPSA) is 80.9 Å². The molecule has 90 valence electrons. The molecule has 6 nitrogen and oxygen atoms in total. The van der Waals surface area contributed by atoms with E-state index in [-0.39, 0.29) is 22.4 Å². The van der Waals surface area contributed by atoms with Gasteiger partial charge in [0.05, 0.1) is 16.0 Å². The number of aromatic amines is 1. The van der Waals surface area contributed by atoms with Crippen LogP contribution in [0.15, 0.2) is 16.9 Å². The molecule has 0 spiro atoms. The number of aromatic nitrogens is 2. The number of halogens is 1. The zero-order chi connectivity index (χ0) is 12.7. The molecule has 0 atom stereocenters. The molecule has 0 amide bonds. The molecule has 0 radical (unpaired) electrons. The third-order valence-electron chi connectivity index (χ3n) is 2.50. The van der Waals surface area contributed by atoms with E-state index in [9.17, 15) is 14.9 Å². The van der Waals surface area contributed by atoms with Crippen molar-refractivity contribution in [3.8, 4) is 0 Å². The Labute approximate surface area is 101 Å². The van der Waals surface area contributed by atoms with Gasteiger partial charge in [-0.2, -0.15) is 0 Å². The van der Waals surface area contributed by atoms with E-state index in [2.05, 4.69) is 4.98 Å². The number of nitrogens with zero attached hydrogens (tertiary/aromatic N) is 2. The number of benzene rings is 1. The summed E-state index contributed by atoms with van der Waals surface area (Å²) in [5, 5.41) is 10.7. The minimum absolute atomic E-state index is 0.0240. The second kappa shape index (κ2) is 3.89. The molecular weight excluding hydrogens is 246 g/mol. The summed E-state index contributed by atoms with van der Waals surface area (Å²) >= 11 is 5.81. The van der Waals surface area contributed by atoms with E-state index >= 15 is 0 Å². The summed E-state index contributed by atoms with van der Waals surface area (Å²) in [6.45, 7) is 3.70. The minimum atomic E-state index is -0.577. The van der Waals surface area contributed by atoms with Gasteiger partial charge in [0.15, 0.2) is 0 Å². The zero-order valence-electron chi connectivity index (χ0n) is 9.23. The largest absolute Gasteiger partial charge is 0.326 e. The van der Waals surface area contributed by atoms with Crippen LogP contribution in [0.2, 0.25) is 5.02 Å². The molecule has 0 aliphatic rings. The van der Waals surface area contributed by atoms with Crippen LogP contribution in [0.5, 0.6) is 0 Å². The SMILES string of the molecule is CC(C)n1c(=O)[nH]c2cc([N+](=O)[O-])c(Cl)cc21. The molecule has 7 heteroatoms. The highest BCUT2D eigenvalue weighted by Crippen LogP contribution is 2.29. The fourth-order valence-electron chi connectivity index (χ4n) is 1.79. The van der Waals surface area contributed by atoms with E-state index in [1.807, 2.05) is 13.8 Å². The number of nitro groups is 1. The lowest BCUT2D eigenvalue weighted by Gasteiger charge is -2.06. The highest BCUT2D eigenvalue weighted by molar-refractivity contribution is 6.33. The van der Waals surface area contributed by atoms with Gasteiger partial charge in [-0.25, -0.2) is 4.79 Å². The van der Waals surface area contributed by atoms with Crippen LogP contribution in [-0.2, 0) is 0 Å². The Bertz CT molecular complexity index is 657. The van der Waals surface area contributed by atoms with E-state index in [0.29, 0.717) is 11.0 Å². The van der Waals surface area contributed by atoms with Crippen LogP contribution in [0.4, 0.5) is 5.69 Å². The third kappa shape index (κ3) is 1.80. The molecule has 1 heterocycles. The molecule has 0 bridgehead atoms. The van der Waals surface area contributed by atoms with Crippen molar-refractivity contribution in [3.63, 3.8) is 0 Å². The van der Waals surface area contributed by atoms with Crippen molar-refractivity contribution in [3.05, 3.63) is 37.8 Å². The lowest BCUT2D eigenvalue weighted by Crippen LogP contribution is -2.18. The van der Waals surface area contributed by atoms with E-state index in [1.165, 1.54) is 16.7 Å². The standard InChI is InChI=1S/C10H10ClN3O3/c1-5(2)13-9-3-6(11)8(14(16)17)4-7(9)12-10(13)15/h3-5H,1-2H3,(H,12,15). The molecule has 0 fully saturated rings. The number of hydrogen-bond donors (Lipinski definition) is 1. The molecule has 17 heavy (non-hydrogen) atoms. The smallest absolute Gasteiger partial charge is 0.305 e. The van der Waals surface area contributed by atoms with Gasteiger partial charge in [-0.1, -0.05) is 11.6 Å². The maximum atomic E-state index is 11.7. The Balaban J connectivity index is 2.84.